The van der Waals surface area contributed by atoms with E-state index in [1.165, 1.54) is 0 Å². The maximum atomic E-state index is 12.7. The van der Waals surface area contributed by atoms with Gasteiger partial charge in [0.05, 0.1) is 25.0 Å². The van der Waals surface area contributed by atoms with Gasteiger partial charge in [-0.25, -0.2) is 8.51 Å². The number of hydroxylamine groups is 2. The molecule has 2 aliphatic rings. The SMILES string of the molecule is CCCC1NC2=C(N1[O-])N(CCCCCCOc1ccc(Cl)cc1)S(=O)N(C)C2. The molecule has 0 aliphatic carbocycles. The van der Waals surface area contributed by atoms with E-state index >= 15 is 0 Å². The van der Waals surface area contributed by atoms with E-state index in [9.17, 15) is 9.42 Å². The summed E-state index contributed by atoms with van der Waals surface area (Å²) in [6.45, 7) is 3.84. The smallest absolute Gasteiger partial charge is 0.200 e. The third-order valence-corrected chi connectivity index (χ3v) is 6.72. The quantitative estimate of drug-likeness (QED) is 0.559. The molecule has 1 aromatic carbocycles. The minimum atomic E-state index is -1.32. The fraction of sp³-hybridized carbons (Fsp3) is 0.600. The van der Waals surface area contributed by atoms with E-state index in [0.29, 0.717) is 30.5 Å². The molecule has 7 nitrogen and oxygen atoms in total. The first kappa shape index (κ1) is 22.2. The number of nitrogens with one attached hydrogen (secondary N) is 1. The summed E-state index contributed by atoms with van der Waals surface area (Å²) in [5.41, 5.74) is 0.886. The van der Waals surface area contributed by atoms with Gasteiger partial charge in [0.1, 0.15) is 11.6 Å². The fourth-order valence-corrected chi connectivity index (χ4v) is 4.91. The van der Waals surface area contributed by atoms with Crippen LogP contribution in [0.1, 0.15) is 45.4 Å². The Balaban J connectivity index is 1.42. The lowest BCUT2D eigenvalue weighted by Crippen LogP contribution is -2.45. The summed E-state index contributed by atoms with van der Waals surface area (Å²) < 4.78 is 22.0. The van der Waals surface area contributed by atoms with Crippen LogP contribution < -0.4 is 10.1 Å². The van der Waals surface area contributed by atoms with E-state index in [1.807, 2.05) is 31.3 Å². The number of benzene rings is 1. The predicted octanol–water partition coefficient (Wildman–Crippen LogP) is 3.80. The Bertz CT molecular complexity index is 731. The number of nitrogens with zero attached hydrogens (tertiary/aromatic N) is 3. The van der Waals surface area contributed by atoms with Crippen molar-refractivity contribution in [1.82, 2.24) is 19.0 Å². The molecule has 2 aliphatic heterocycles. The van der Waals surface area contributed by atoms with Gasteiger partial charge in [0.15, 0.2) is 11.2 Å². The minimum absolute atomic E-state index is 0.249. The van der Waals surface area contributed by atoms with Gasteiger partial charge in [-0.1, -0.05) is 37.8 Å². The Morgan fingerprint density at radius 2 is 1.97 bits per heavy atom. The first-order valence-corrected chi connectivity index (χ1v) is 11.7. The number of hydrogen-bond acceptors (Lipinski definition) is 5. The van der Waals surface area contributed by atoms with Crippen molar-refractivity contribution in [3.63, 3.8) is 0 Å². The van der Waals surface area contributed by atoms with Crippen molar-refractivity contribution >= 4 is 22.8 Å². The Morgan fingerprint density at radius 1 is 1.24 bits per heavy atom. The average Bonchev–Trinajstić information content (AvgIpc) is 3.00. The van der Waals surface area contributed by atoms with Crippen molar-refractivity contribution in [2.24, 2.45) is 0 Å². The van der Waals surface area contributed by atoms with Crippen LogP contribution in [0.2, 0.25) is 5.02 Å². The largest absolute Gasteiger partial charge is 0.756 e. The van der Waals surface area contributed by atoms with Crippen molar-refractivity contribution in [3.8, 4) is 5.75 Å². The van der Waals surface area contributed by atoms with Gasteiger partial charge in [-0.15, -0.1) is 0 Å². The minimum Gasteiger partial charge on any atom is -0.756 e. The predicted molar refractivity (Wildman–Crippen MR) is 117 cm³/mol. The second-order valence-corrected chi connectivity index (χ2v) is 9.37. The molecule has 162 valence electrons. The molecule has 0 spiro atoms. The van der Waals surface area contributed by atoms with E-state index in [4.69, 9.17) is 16.3 Å². The number of rotatable bonds is 10. The van der Waals surface area contributed by atoms with Crippen LogP contribution in [0.15, 0.2) is 35.8 Å². The monoisotopic (exact) mass is 441 g/mol. The van der Waals surface area contributed by atoms with Crippen LogP contribution in [0.5, 0.6) is 5.75 Å². The van der Waals surface area contributed by atoms with Crippen molar-refractivity contribution in [1.29, 1.82) is 0 Å². The number of hydrogen-bond donors (Lipinski definition) is 1. The normalized spacial score (nSPS) is 22.1. The van der Waals surface area contributed by atoms with Crippen LogP contribution in [-0.2, 0) is 11.2 Å². The van der Waals surface area contributed by atoms with Gasteiger partial charge in [-0.2, -0.15) is 0 Å². The molecule has 0 radical (unpaired) electrons. The maximum Gasteiger partial charge on any atom is 0.200 e. The first-order chi connectivity index (χ1) is 14.0. The topological polar surface area (TPSA) is 71.1 Å². The van der Waals surface area contributed by atoms with Gasteiger partial charge >= 0.3 is 0 Å². The molecule has 1 N–H and O–H groups in total. The van der Waals surface area contributed by atoms with E-state index < -0.39 is 11.2 Å². The second-order valence-electron chi connectivity index (χ2n) is 7.41. The van der Waals surface area contributed by atoms with Crippen molar-refractivity contribution < 1.29 is 8.95 Å². The molecular formula is C20H30ClN4O3S-. The van der Waals surface area contributed by atoms with Gasteiger partial charge in [0.2, 0.25) is 0 Å². The van der Waals surface area contributed by atoms with Gasteiger partial charge < -0.3 is 20.3 Å². The molecule has 2 atom stereocenters. The Labute approximate surface area is 180 Å². The van der Waals surface area contributed by atoms with E-state index in [0.717, 1.165) is 55.0 Å². The van der Waals surface area contributed by atoms with Crippen LogP contribution in [0.4, 0.5) is 0 Å². The highest BCUT2D eigenvalue weighted by atomic mass is 35.5. The molecular weight excluding hydrogens is 412 g/mol. The van der Waals surface area contributed by atoms with E-state index in [2.05, 4.69) is 12.2 Å². The standard InChI is InChI=1S/C20H30ClN4O3S/c1-3-8-19-22-18-15-23(2)29(27)24(20(18)25(19)26)13-6-4-5-7-14-28-17-11-9-16(21)10-12-17/h9-12,19,22H,3-8,13-15H2,1-2H3/q-1. The first-order valence-electron chi connectivity index (χ1n) is 10.3. The number of ether oxygens (including phenoxy) is 1. The Kier molecular flexibility index (Phi) is 8.06. The number of likely N-dealkylation sites (N-methyl/N-ethyl adjacent to an activating group) is 1. The van der Waals surface area contributed by atoms with Crippen molar-refractivity contribution in [2.45, 2.75) is 51.6 Å². The van der Waals surface area contributed by atoms with Gasteiger partial charge in [-0.05, 0) is 43.5 Å². The van der Waals surface area contributed by atoms with Crippen LogP contribution in [0.3, 0.4) is 0 Å². The molecule has 0 aromatic heterocycles. The highest BCUT2D eigenvalue weighted by molar-refractivity contribution is 7.80. The lowest BCUT2D eigenvalue weighted by Gasteiger charge is -2.41. The maximum absolute atomic E-state index is 12.7. The van der Waals surface area contributed by atoms with Crippen LogP contribution in [0.25, 0.3) is 0 Å². The lowest BCUT2D eigenvalue weighted by atomic mass is 10.2. The molecule has 2 heterocycles. The molecule has 1 aromatic rings. The summed E-state index contributed by atoms with van der Waals surface area (Å²) in [6, 6.07) is 7.37. The molecule has 2 unspecified atom stereocenters. The number of halogens is 1. The summed E-state index contributed by atoms with van der Waals surface area (Å²) in [7, 11) is 1.82. The molecule has 0 saturated heterocycles. The molecule has 9 heteroatoms. The van der Waals surface area contributed by atoms with Crippen LogP contribution >= 0.6 is 11.6 Å². The summed E-state index contributed by atoms with van der Waals surface area (Å²) >= 11 is 4.55. The Hall–Kier alpha value is -1.48. The molecule has 3 rings (SSSR count). The molecule has 0 fully saturated rings. The zero-order chi connectivity index (χ0) is 20.8. The summed E-state index contributed by atoms with van der Waals surface area (Å²) in [5.74, 6) is 1.39. The number of unbranched alkanes of at least 4 members (excludes halogenated alkanes) is 3. The zero-order valence-electron chi connectivity index (χ0n) is 17.1. The highest BCUT2D eigenvalue weighted by Crippen LogP contribution is 2.31. The van der Waals surface area contributed by atoms with Gasteiger partial charge in [0.25, 0.3) is 0 Å². The summed E-state index contributed by atoms with van der Waals surface area (Å²) in [6.07, 6.45) is 5.29. The second kappa shape index (κ2) is 10.5. The van der Waals surface area contributed by atoms with Gasteiger partial charge in [-0.3, -0.25) is 4.31 Å². The zero-order valence-corrected chi connectivity index (χ0v) is 18.7. The van der Waals surface area contributed by atoms with Crippen LogP contribution in [0, 0.1) is 5.21 Å². The molecule has 0 bridgehead atoms. The van der Waals surface area contributed by atoms with E-state index in [-0.39, 0.29) is 6.17 Å². The van der Waals surface area contributed by atoms with Crippen molar-refractivity contribution in [2.75, 3.05) is 26.7 Å². The summed E-state index contributed by atoms with van der Waals surface area (Å²) in [4.78, 5) is 0. The third kappa shape index (κ3) is 5.57. The van der Waals surface area contributed by atoms with E-state index in [1.54, 1.807) is 8.61 Å². The average molecular weight is 442 g/mol. The molecule has 29 heavy (non-hydrogen) atoms. The highest BCUT2D eigenvalue weighted by Gasteiger charge is 2.36. The van der Waals surface area contributed by atoms with Gasteiger partial charge in [0, 0.05) is 18.6 Å². The van der Waals surface area contributed by atoms with Crippen LogP contribution in [-0.4, -0.2) is 50.8 Å². The molecule has 0 amide bonds. The fourth-order valence-electron chi connectivity index (χ4n) is 3.58. The lowest BCUT2D eigenvalue weighted by molar-refractivity contribution is 0.272. The van der Waals surface area contributed by atoms with Crippen molar-refractivity contribution in [3.05, 3.63) is 46.0 Å². The third-order valence-electron chi connectivity index (χ3n) is 5.07. The molecule has 0 saturated carbocycles. The Morgan fingerprint density at radius 3 is 2.69 bits per heavy atom. The summed E-state index contributed by atoms with van der Waals surface area (Å²) in [5, 5.41) is 17.7.